The molecular formula is C14H19NO5. The first-order valence-corrected chi connectivity index (χ1v) is 6.55. The number of aliphatic hydroxyl groups excluding tert-OH is 2. The number of carbonyl (C=O) groups is 1. The van der Waals surface area contributed by atoms with Crippen molar-refractivity contribution in [1.82, 2.24) is 4.90 Å². The Morgan fingerprint density at radius 3 is 2.00 bits per heavy atom. The fraction of sp³-hybridized carbons (Fsp3) is 0.500. The number of likely N-dealkylation sites (tertiary alicyclic amines) is 1. The SMILES string of the molecule is O=C(O)N1C[C@@H](CO)[C@@H](c2ccc(O)cc2)[C@@H](CO)C1. The molecule has 1 heterocycles. The van der Waals surface area contributed by atoms with Crippen LogP contribution in [0.5, 0.6) is 5.75 Å². The minimum Gasteiger partial charge on any atom is -0.508 e. The highest BCUT2D eigenvalue weighted by molar-refractivity contribution is 5.65. The van der Waals surface area contributed by atoms with Crippen molar-refractivity contribution in [2.75, 3.05) is 26.3 Å². The molecule has 0 bridgehead atoms. The Kier molecular flexibility index (Phi) is 4.46. The number of amides is 1. The molecule has 0 saturated carbocycles. The maximum Gasteiger partial charge on any atom is 0.407 e. The van der Waals surface area contributed by atoms with E-state index in [0.717, 1.165) is 5.56 Å². The van der Waals surface area contributed by atoms with Crippen LogP contribution < -0.4 is 0 Å². The van der Waals surface area contributed by atoms with Crippen LogP contribution in [0.3, 0.4) is 0 Å². The van der Waals surface area contributed by atoms with Gasteiger partial charge in [0, 0.05) is 38.1 Å². The van der Waals surface area contributed by atoms with Gasteiger partial charge < -0.3 is 25.3 Å². The zero-order chi connectivity index (χ0) is 14.7. The lowest BCUT2D eigenvalue weighted by molar-refractivity contribution is 0.0387. The zero-order valence-corrected chi connectivity index (χ0v) is 11.0. The first-order chi connectivity index (χ1) is 9.56. The Morgan fingerprint density at radius 1 is 1.10 bits per heavy atom. The van der Waals surface area contributed by atoms with E-state index in [2.05, 4.69) is 0 Å². The molecule has 3 atom stereocenters. The van der Waals surface area contributed by atoms with Crippen LogP contribution in [0.1, 0.15) is 11.5 Å². The lowest BCUT2D eigenvalue weighted by Gasteiger charge is -2.42. The molecule has 1 amide bonds. The van der Waals surface area contributed by atoms with E-state index >= 15 is 0 Å². The fourth-order valence-electron chi connectivity index (χ4n) is 2.99. The molecule has 1 saturated heterocycles. The van der Waals surface area contributed by atoms with Crippen LogP contribution in [0.25, 0.3) is 0 Å². The molecule has 1 aromatic carbocycles. The predicted molar refractivity (Wildman–Crippen MR) is 71.6 cm³/mol. The smallest absolute Gasteiger partial charge is 0.407 e. The molecular weight excluding hydrogens is 262 g/mol. The summed E-state index contributed by atoms with van der Waals surface area (Å²) in [6.07, 6.45) is -1.04. The minimum atomic E-state index is -1.04. The molecule has 0 aromatic heterocycles. The van der Waals surface area contributed by atoms with Crippen molar-refractivity contribution < 1.29 is 25.2 Å². The molecule has 0 spiro atoms. The summed E-state index contributed by atoms with van der Waals surface area (Å²) in [4.78, 5) is 12.3. The summed E-state index contributed by atoms with van der Waals surface area (Å²) < 4.78 is 0. The van der Waals surface area contributed by atoms with Crippen LogP contribution >= 0.6 is 0 Å². The lowest BCUT2D eigenvalue weighted by Crippen LogP contribution is -2.49. The van der Waals surface area contributed by atoms with E-state index in [1.54, 1.807) is 24.3 Å². The average molecular weight is 281 g/mol. The van der Waals surface area contributed by atoms with Gasteiger partial charge in [-0.3, -0.25) is 0 Å². The van der Waals surface area contributed by atoms with E-state index in [4.69, 9.17) is 5.11 Å². The molecule has 1 fully saturated rings. The molecule has 1 aromatic rings. The molecule has 6 heteroatoms. The van der Waals surface area contributed by atoms with Gasteiger partial charge in [0.05, 0.1) is 0 Å². The lowest BCUT2D eigenvalue weighted by atomic mass is 9.74. The number of nitrogens with zero attached hydrogens (tertiary/aromatic N) is 1. The Balaban J connectivity index is 2.28. The van der Waals surface area contributed by atoms with Gasteiger partial charge in [0.15, 0.2) is 0 Å². The number of phenols is 1. The number of piperidine rings is 1. The van der Waals surface area contributed by atoms with Crippen LogP contribution in [0, 0.1) is 11.8 Å². The number of benzene rings is 1. The average Bonchev–Trinajstić information content (AvgIpc) is 2.46. The molecule has 4 N–H and O–H groups in total. The molecule has 0 aliphatic carbocycles. The van der Waals surface area contributed by atoms with Gasteiger partial charge >= 0.3 is 6.09 Å². The van der Waals surface area contributed by atoms with Crippen molar-refractivity contribution in [1.29, 1.82) is 0 Å². The van der Waals surface area contributed by atoms with E-state index in [1.807, 2.05) is 0 Å². The van der Waals surface area contributed by atoms with Crippen LogP contribution in [0.2, 0.25) is 0 Å². The molecule has 6 nitrogen and oxygen atoms in total. The van der Waals surface area contributed by atoms with E-state index in [-0.39, 0.29) is 49.8 Å². The maximum atomic E-state index is 11.1. The van der Waals surface area contributed by atoms with Crippen molar-refractivity contribution in [3.8, 4) is 5.75 Å². The Bertz CT molecular complexity index is 447. The third-order valence-electron chi connectivity index (χ3n) is 3.94. The molecule has 1 aliphatic heterocycles. The predicted octanol–water partition coefficient (Wildman–Crippen LogP) is 0.686. The minimum absolute atomic E-state index is 0.124. The Hall–Kier alpha value is -1.79. The van der Waals surface area contributed by atoms with E-state index in [1.165, 1.54) is 4.90 Å². The largest absolute Gasteiger partial charge is 0.508 e. The maximum absolute atomic E-state index is 11.1. The van der Waals surface area contributed by atoms with Gasteiger partial charge in [0.2, 0.25) is 0 Å². The molecule has 110 valence electrons. The van der Waals surface area contributed by atoms with Crippen LogP contribution in [-0.4, -0.2) is 57.7 Å². The second-order valence-electron chi connectivity index (χ2n) is 5.19. The monoisotopic (exact) mass is 281 g/mol. The summed E-state index contributed by atoms with van der Waals surface area (Å²) in [6.45, 7) is 0.194. The summed E-state index contributed by atoms with van der Waals surface area (Å²) >= 11 is 0. The van der Waals surface area contributed by atoms with Crippen LogP contribution in [0.15, 0.2) is 24.3 Å². The standard InChI is InChI=1S/C14H19NO5/c16-7-10-5-15(14(19)20)6-11(8-17)13(10)9-1-3-12(18)4-2-9/h1-4,10-11,13,16-18H,5-8H2,(H,19,20)/t10-,11+,13+. The Labute approximate surface area is 116 Å². The van der Waals surface area contributed by atoms with Crippen LogP contribution in [0.4, 0.5) is 4.79 Å². The summed E-state index contributed by atoms with van der Waals surface area (Å²) in [5.41, 5.74) is 0.894. The van der Waals surface area contributed by atoms with Gasteiger partial charge in [-0.05, 0) is 23.6 Å². The number of rotatable bonds is 3. The second-order valence-corrected chi connectivity index (χ2v) is 5.19. The molecule has 1 aliphatic rings. The van der Waals surface area contributed by atoms with Crippen molar-refractivity contribution in [3.63, 3.8) is 0 Å². The number of phenolic OH excluding ortho intramolecular Hbond substituents is 1. The summed E-state index contributed by atoms with van der Waals surface area (Å²) in [5, 5.41) is 37.5. The third kappa shape index (κ3) is 2.86. The van der Waals surface area contributed by atoms with Gasteiger partial charge in [-0.25, -0.2) is 4.79 Å². The number of carboxylic acid groups (broad SMARTS) is 1. The molecule has 2 rings (SSSR count). The van der Waals surface area contributed by atoms with E-state index in [0.29, 0.717) is 0 Å². The summed E-state index contributed by atoms with van der Waals surface area (Å²) in [5.74, 6) is -0.498. The number of hydrogen-bond acceptors (Lipinski definition) is 4. The van der Waals surface area contributed by atoms with Gasteiger partial charge in [0.25, 0.3) is 0 Å². The van der Waals surface area contributed by atoms with Crippen LogP contribution in [-0.2, 0) is 0 Å². The topological polar surface area (TPSA) is 101 Å². The first kappa shape index (κ1) is 14.6. The molecule has 0 radical (unpaired) electrons. The van der Waals surface area contributed by atoms with Gasteiger partial charge in [-0.1, -0.05) is 12.1 Å². The number of hydrogen-bond donors (Lipinski definition) is 4. The quantitative estimate of drug-likeness (QED) is 0.653. The number of aromatic hydroxyl groups is 1. The number of aliphatic hydroxyl groups is 2. The summed E-state index contributed by atoms with van der Waals surface area (Å²) in [7, 11) is 0. The third-order valence-corrected chi connectivity index (χ3v) is 3.94. The van der Waals surface area contributed by atoms with E-state index < -0.39 is 6.09 Å². The summed E-state index contributed by atoms with van der Waals surface area (Å²) in [6, 6.07) is 6.62. The highest BCUT2D eigenvalue weighted by atomic mass is 16.4. The van der Waals surface area contributed by atoms with Gasteiger partial charge in [-0.15, -0.1) is 0 Å². The van der Waals surface area contributed by atoms with Crippen molar-refractivity contribution in [2.45, 2.75) is 5.92 Å². The fourth-order valence-corrected chi connectivity index (χ4v) is 2.99. The van der Waals surface area contributed by atoms with Gasteiger partial charge in [-0.2, -0.15) is 0 Å². The normalized spacial score (nSPS) is 26.5. The highest BCUT2D eigenvalue weighted by Gasteiger charge is 2.38. The highest BCUT2D eigenvalue weighted by Crippen LogP contribution is 2.37. The second kappa shape index (κ2) is 6.11. The molecule has 0 unspecified atom stereocenters. The van der Waals surface area contributed by atoms with Crippen molar-refractivity contribution in [3.05, 3.63) is 29.8 Å². The van der Waals surface area contributed by atoms with Crippen molar-refractivity contribution >= 4 is 6.09 Å². The van der Waals surface area contributed by atoms with E-state index in [9.17, 15) is 20.1 Å². The Morgan fingerprint density at radius 2 is 1.60 bits per heavy atom. The first-order valence-electron chi connectivity index (χ1n) is 6.55. The molecule has 20 heavy (non-hydrogen) atoms. The van der Waals surface area contributed by atoms with Gasteiger partial charge in [0.1, 0.15) is 5.75 Å². The van der Waals surface area contributed by atoms with Crippen molar-refractivity contribution in [2.24, 2.45) is 11.8 Å². The zero-order valence-electron chi connectivity index (χ0n) is 11.0.